The molecule has 2 atom stereocenters. The molecule has 6 nitrogen and oxygen atoms in total. The number of ether oxygens (including phenoxy) is 1. The first kappa shape index (κ1) is 14.9. The minimum Gasteiger partial charge on any atom is -0.481 e. The maximum atomic E-state index is 11.5. The van der Waals surface area contributed by atoms with Gasteiger partial charge in [-0.05, 0) is 19.3 Å². The molecule has 1 aliphatic carbocycles. The van der Waals surface area contributed by atoms with Crippen molar-refractivity contribution < 1.29 is 29.3 Å². The minimum atomic E-state index is -1.43. The quantitative estimate of drug-likeness (QED) is 0.427. The van der Waals surface area contributed by atoms with Gasteiger partial charge in [0, 0.05) is 6.08 Å². The maximum absolute atomic E-state index is 11.5. The summed E-state index contributed by atoms with van der Waals surface area (Å²) in [6, 6.07) is 0. The van der Waals surface area contributed by atoms with Crippen LogP contribution in [-0.2, 0) is 19.1 Å². The van der Waals surface area contributed by atoms with Gasteiger partial charge in [-0.3, -0.25) is 9.59 Å². The van der Waals surface area contributed by atoms with E-state index in [1.807, 2.05) is 0 Å². The van der Waals surface area contributed by atoms with Crippen molar-refractivity contribution in [3.63, 3.8) is 0 Å². The second kappa shape index (κ2) is 6.17. The fourth-order valence-corrected chi connectivity index (χ4v) is 2.24. The van der Waals surface area contributed by atoms with E-state index in [1.54, 1.807) is 12.2 Å². The van der Waals surface area contributed by atoms with Crippen molar-refractivity contribution in [3.8, 4) is 0 Å². The molecular formula is C13H16O6. The lowest BCUT2D eigenvalue weighted by Crippen LogP contribution is -2.44. The Bertz CT molecular complexity index is 425. The standard InChI is InChI=1S/C13H16O6/c1-2-10(14)19-8-7-13(12(17)18)6-4-3-5-9(13)11(15)16/h2-4,9H,1,5-8H2,(H,15,16)(H,17,18). The molecule has 0 aromatic carbocycles. The van der Waals surface area contributed by atoms with Crippen LogP contribution in [0.3, 0.4) is 0 Å². The molecule has 2 N–H and O–H groups in total. The summed E-state index contributed by atoms with van der Waals surface area (Å²) in [5, 5.41) is 18.5. The van der Waals surface area contributed by atoms with E-state index in [0.717, 1.165) is 6.08 Å². The highest BCUT2D eigenvalue weighted by Gasteiger charge is 2.49. The van der Waals surface area contributed by atoms with E-state index in [-0.39, 0.29) is 25.9 Å². The third kappa shape index (κ3) is 3.21. The summed E-state index contributed by atoms with van der Waals surface area (Å²) in [5.74, 6) is -4.00. The van der Waals surface area contributed by atoms with Crippen molar-refractivity contribution in [3.05, 3.63) is 24.8 Å². The number of carboxylic acid groups (broad SMARTS) is 2. The van der Waals surface area contributed by atoms with E-state index in [1.165, 1.54) is 0 Å². The van der Waals surface area contributed by atoms with Gasteiger partial charge in [-0.1, -0.05) is 18.7 Å². The largest absolute Gasteiger partial charge is 0.481 e. The first-order valence-electron chi connectivity index (χ1n) is 5.84. The molecule has 0 aromatic heterocycles. The predicted molar refractivity (Wildman–Crippen MR) is 65.3 cm³/mol. The van der Waals surface area contributed by atoms with Crippen LogP contribution >= 0.6 is 0 Å². The SMILES string of the molecule is C=CC(=O)OCCC1(C(=O)O)CC=CCC1C(=O)O. The van der Waals surface area contributed by atoms with Crippen LogP contribution in [0, 0.1) is 11.3 Å². The summed E-state index contributed by atoms with van der Waals surface area (Å²) in [7, 11) is 0. The number of allylic oxidation sites excluding steroid dienone is 2. The van der Waals surface area contributed by atoms with Crippen LogP contribution in [-0.4, -0.2) is 34.7 Å². The zero-order valence-corrected chi connectivity index (χ0v) is 10.4. The zero-order valence-electron chi connectivity index (χ0n) is 10.4. The van der Waals surface area contributed by atoms with Gasteiger partial charge >= 0.3 is 17.9 Å². The van der Waals surface area contributed by atoms with Crippen LogP contribution in [0.4, 0.5) is 0 Å². The molecule has 1 rings (SSSR count). The third-order valence-electron chi connectivity index (χ3n) is 3.37. The molecule has 0 aliphatic heterocycles. The monoisotopic (exact) mass is 268 g/mol. The number of carbonyl (C=O) groups is 3. The normalized spacial score (nSPS) is 25.6. The van der Waals surface area contributed by atoms with Crippen LogP contribution in [0.15, 0.2) is 24.8 Å². The van der Waals surface area contributed by atoms with Gasteiger partial charge < -0.3 is 14.9 Å². The fourth-order valence-electron chi connectivity index (χ4n) is 2.24. The molecular weight excluding hydrogens is 252 g/mol. The Morgan fingerprint density at radius 3 is 2.58 bits per heavy atom. The Hall–Kier alpha value is -2.11. The zero-order chi connectivity index (χ0) is 14.5. The van der Waals surface area contributed by atoms with Gasteiger partial charge in [0.05, 0.1) is 17.9 Å². The predicted octanol–water partition coefficient (Wildman–Crippen LogP) is 1.23. The molecule has 0 bridgehead atoms. The second-order valence-corrected chi connectivity index (χ2v) is 4.38. The van der Waals surface area contributed by atoms with Crippen molar-refractivity contribution in [2.75, 3.05) is 6.61 Å². The van der Waals surface area contributed by atoms with E-state index >= 15 is 0 Å². The average Bonchev–Trinajstić information content (AvgIpc) is 2.38. The van der Waals surface area contributed by atoms with Gasteiger partial charge in [-0.25, -0.2) is 4.79 Å². The van der Waals surface area contributed by atoms with E-state index in [0.29, 0.717) is 0 Å². The lowest BCUT2D eigenvalue weighted by Gasteiger charge is -2.35. The first-order chi connectivity index (χ1) is 8.94. The molecule has 0 aromatic rings. The Balaban J connectivity index is 2.86. The summed E-state index contributed by atoms with van der Waals surface area (Å²) in [6.45, 7) is 3.08. The summed E-state index contributed by atoms with van der Waals surface area (Å²) in [6.07, 6.45) is 4.53. The molecule has 0 spiro atoms. The van der Waals surface area contributed by atoms with Crippen molar-refractivity contribution in [2.45, 2.75) is 19.3 Å². The molecule has 19 heavy (non-hydrogen) atoms. The number of esters is 1. The Morgan fingerprint density at radius 1 is 1.37 bits per heavy atom. The Morgan fingerprint density at radius 2 is 2.05 bits per heavy atom. The van der Waals surface area contributed by atoms with Crippen molar-refractivity contribution in [1.29, 1.82) is 0 Å². The van der Waals surface area contributed by atoms with Gasteiger partial charge in [0.1, 0.15) is 0 Å². The van der Waals surface area contributed by atoms with Crippen molar-refractivity contribution in [1.82, 2.24) is 0 Å². The van der Waals surface area contributed by atoms with Gasteiger partial charge in [0.2, 0.25) is 0 Å². The molecule has 2 unspecified atom stereocenters. The molecule has 0 fully saturated rings. The lowest BCUT2D eigenvalue weighted by molar-refractivity contribution is -0.165. The number of rotatable bonds is 6. The number of carbonyl (C=O) groups excluding carboxylic acids is 1. The van der Waals surface area contributed by atoms with Crippen LogP contribution < -0.4 is 0 Å². The summed E-state index contributed by atoms with van der Waals surface area (Å²) in [4.78, 5) is 33.6. The molecule has 104 valence electrons. The summed E-state index contributed by atoms with van der Waals surface area (Å²) in [5.41, 5.74) is -1.43. The molecule has 0 amide bonds. The van der Waals surface area contributed by atoms with Crippen molar-refractivity contribution in [2.24, 2.45) is 11.3 Å². The highest BCUT2D eigenvalue weighted by molar-refractivity contribution is 5.84. The highest BCUT2D eigenvalue weighted by atomic mass is 16.5. The number of carboxylic acids is 2. The Kier molecular flexibility index (Phi) is 4.86. The van der Waals surface area contributed by atoms with Crippen LogP contribution in [0.25, 0.3) is 0 Å². The minimum absolute atomic E-state index is 0.0385. The van der Waals surface area contributed by atoms with E-state index < -0.39 is 29.2 Å². The van der Waals surface area contributed by atoms with Gasteiger partial charge in [0.25, 0.3) is 0 Å². The fraction of sp³-hybridized carbons (Fsp3) is 0.462. The maximum Gasteiger partial charge on any atom is 0.330 e. The number of aliphatic carboxylic acids is 2. The molecule has 6 heteroatoms. The number of hydrogen-bond donors (Lipinski definition) is 2. The van der Waals surface area contributed by atoms with Gasteiger partial charge in [-0.2, -0.15) is 0 Å². The van der Waals surface area contributed by atoms with Gasteiger partial charge in [-0.15, -0.1) is 0 Å². The summed E-state index contributed by atoms with van der Waals surface area (Å²) >= 11 is 0. The van der Waals surface area contributed by atoms with Crippen LogP contribution in [0.2, 0.25) is 0 Å². The van der Waals surface area contributed by atoms with Crippen LogP contribution in [0.5, 0.6) is 0 Å². The topological polar surface area (TPSA) is 101 Å². The molecule has 0 heterocycles. The number of hydrogen-bond acceptors (Lipinski definition) is 4. The van der Waals surface area contributed by atoms with E-state index in [4.69, 9.17) is 9.84 Å². The smallest absolute Gasteiger partial charge is 0.330 e. The van der Waals surface area contributed by atoms with Crippen molar-refractivity contribution >= 4 is 17.9 Å². The molecule has 1 aliphatic rings. The lowest BCUT2D eigenvalue weighted by atomic mass is 9.67. The third-order valence-corrected chi connectivity index (χ3v) is 3.37. The van der Waals surface area contributed by atoms with E-state index in [9.17, 15) is 19.5 Å². The molecule has 0 saturated heterocycles. The Labute approximate surface area is 110 Å². The summed E-state index contributed by atoms with van der Waals surface area (Å²) < 4.78 is 4.76. The van der Waals surface area contributed by atoms with E-state index in [2.05, 4.69) is 6.58 Å². The second-order valence-electron chi connectivity index (χ2n) is 4.38. The molecule has 0 radical (unpaired) electrons. The highest BCUT2D eigenvalue weighted by Crippen LogP contribution is 2.41. The molecule has 0 saturated carbocycles. The van der Waals surface area contributed by atoms with Crippen LogP contribution in [0.1, 0.15) is 19.3 Å². The average molecular weight is 268 g/mol. The first-order valence-corrected chi connectivity index (χ1v) is 5.84. The van der Waals surface area contributed by atoms with Gasteiger partial charge in [0.15, 0.2) is 0 Å².